The smallest absolute Gasteiger partial charge is 0.260 e. The Morgan fingerprint density at radius 2 is 1.89 bits per heavy atom. The average Bonchev–Trinajstić information content (AvgIpc) is 3.50. The molecule has 2 aromatic carbocycles. The Bertz CT molecular complexity index is 1380. The second kappa shape index (κ2) is 11.3. The van der Waals surface area contributed by atoms with Crippen LogP contribution >= 0.6 is 23.7 Å². The molecular weight excluding hydrogens is 504 g/mol. The van der Waals surface area contributed by atoms with Crippen LogP contribution in [0.25, 0.3) is 10.2 Å². The molecule has 1 amide bonds. The summed E-state index contributed by atoms with van der Waals surface area (Å²) in [6.07, 6.45) is 7.03. The summed E-state index contributed by atoms with van der Waals surface area (Å²) in [5, 5.41) is 0.113. The van der Waals surface area contributed by atoms with E-state index in [4.69, 9.17) is 4.98 Å². The molecule has 0 unspecified atom stereocenters. The molecule has 0 aliphatic carbocycles. The van der Waals surface area contributed by atoms with Gasteiger partial charge in [-0.3, -0.25) is 9.69 Å². The maximum Gasteiger partial charge on any atom is 0.260 e. The van der Waals surface area contributed by atoms with E-state index in [1.54, 1.807) is 43.4 Å². The van der Waals surface area contributed by atoms with Crippen molar-refractivity contribution < 1.29 is 13.2 Å². The molecule has 0 aliphatic heterocycles. The van der Waals surface area contributed by atoms with E-state index in [1.165, 1.54) is 29.0 Å². The number of nitrogens with zero attached hydrogens (tertiary/aromatic N) is 4. The lowest BCUT2D eigenvalue weighted by atomic mass is 10.2. The lowest BCUT2D eigenvalue weighted by Gasteiger charge is -2.20. The van der Waals surface area contributed by atoms with Crippen LogP contribution in [0.2, 0.25) is 0 Å². The Kier molecular flexibility index (Phi) is 8.69. The first-order valence-corrected chi connectivity index (χ1v) is 13.7. The number of aromatic nitrogens is 3. The van der Waals surface area contributed by atoms with Crippen molar-refractivity contribution in [1.29, 1.82) is 0 Å². The molecule has 2 heterocycles. The van der Waals surface area contributed by atoms with Crippen LogP contribution in [-0.4, -0.2) is 40.7 Å². The van der Waals surface area contributed by atoms with Crippen molar-refractivity contribution >= 4 is 54.8 Å². The van der Waals surface area contributed by atoms with Crippen LogP contribution in [-0.2, 0) is 22.8 Å². The molecule has 0 saturated heterocycles. The molecule has 35 heavy (non-hydrogen) atoms. The third-order valence-corrected chi connectivity index (χ3v) is 8.95. The number of carbonyl (C=O) groups excluding carboxylic acids is 1. The zero-order valence-corrected chi connectivity index (χ0v) is 22.4. The normalized spacial score (nSPS) is 11.5. The van der Waals surface area contributed by atoms with E-state index in [0.29, 0.717) is 17.2 Å². The Hall–Kier alpha value is -2.75. The highest BCUT2D eigenvalue weighted by Crippen LogP contribution is 2.31. The second-order valence-corrected chi connectivity index (χ2v) is 11.9. The summed E-state index contributed by atoms with van der Waals surface area (Å²) >= 11 is 1.50. The number of anilines is 1. The van der Waals surface area contributed by atoms with Crippen LogP contribution in [0.3, 0.4) is 0 Å². The highest BCUT2D eigenvalue weighted by Gasteiger charge is 2.23. The zero-order valence-electron chi connectivity index (χ0n) is 19.9. The Balaban J connectivity index is 0.00000342. The van der Waals surface area contributed by atoms with E-state index in [0.717, 1.165) is 29.6 Å². The van der Waals surface area contributed by atoms with Gasteiger partial charge in [0, 0.05) is 31.0 Å². The van der Waals surface area contributed by atoms with Crippen LogP contribution in [0.5, 0.6) is 0 Å². The summed E-state index contributed by atoms with van der Waals surface area (Å²) in [6.45, 7) is 6.60. The summed E-state index contributed by atoms with van der Waals surface area (Å²) in [4.78, 5) is 24.3. The molecule has 0 bridgehead atoms. The van der Waals surface area contributed by atoms with Gasteiger partial charge in [-0.15, -0.1) is 12.4 Å². The molecule has 186 valence electrons. The first-order chi connectivity index (χ1) is 16.3. The number of amides is 1. The number of fused-ring (bicyclic) bond motifs is 1. The quantitative estimate of drug-likeness (QED) is 0.288. The van der Waals surface area contributed by atoms with Gasteiger partial charge in [0.05, 0.1) is 26.7 Å². The van der Waals surface area contributed by atoms with E-state index in [2.05, 4.69) is 24.0 Å². The fourth-order valence-corrected chi connectivity index (χ4v) is 5.74. The molecule has 4 rings (SSSR count). The lowest BCUT2D eigenvalue weighted by molar-refractivity contribution is 0.0986. The van der Waals surface area contributed by atoms with Gasteiger partial charge in [-0.25, -0.2) is 18.4 Å². The molecule has 0 saturated carbocycles. The minimum atomic E-state index is -3.40. The van der Waals surface area contributed by atoms with Crippen molar-refractivity contribution in [2.24, 2.45) is 0 Å². The molecule has 0 atom stereocenters. The molecule has 0 N–H and O–H groups in total. The van der Waals surface area contributed by atoms with Crippen molar-refractivity contribution in [1.82, 2.24) is 14.5 Å². The van der Waals surface area contributed by atoms with E-state index in [1.807, 2.05) is 16.8 Å². The average molecular weight is 533 g/mol. The summed E-state index contributed by atoms with van der Waals surface area (Å²) in [6, 6.07) is 12.4. The molecule has 0 radical (unpaired) electrons. The number of rotatable bonds is 9. The van der Waals surface area contributed by atoms with Crippen LogP contribution < -0.4 is 4.90 Å². The van der Waals surface area contributed by atoms with E-state index in [9.17, 15) is 13.2 Å². The molecular formula is C25H29ClN4O3S2. The van der Waals surface area contributed by atoms with Gasteiger partial charge in [0.25, 0.3) is 5.91 Å². The van der Waals surface area contributed by atoms with Gasteiger partial charge >= 0.3 is 0 Å². The van der Waals surface area contributed by atoms with Crippen molar-refractivity contribution in [3.05, 3.63) is 72.3 Å². The first kappa shape index (κ1) is 26.8. The molecule has 7 nitrogen and oxygen atoms in total. The number of imidazole rings is 1. The maximum atomic E-state index is 13.6. The minimum absolute atomic E-state index is 0. The summed E-state index contributed by atoms with van der Waals surface area (Å²) in [7, 11) is -3.40. The predicted octanol–water partition coefficient (Wildman–Crippen LogP) is 5.40. The number of sulfone groups is 1. The first-order valence-electron chi connectivity index (χ1n) is 11.3. The fourth-order valence-electron chi connectivity index (χ4n) is 3.62. The number of aryl methyl sites for hydroxylation is 2. The van der Waals surface area contributed by atoms with Crippen molar-refractivity contribution in [2.75, 3.05) is 11.4 Å². The van der Waals surface area contributed by atoms with Crippen molar-refractivity contribution in [2.45, 2.75) is 50.3 Å². The standard InChI is InChI=1S/C25H28N4O3S2.ClH/c1-4-19-6-11-22-23(16-19)33-25(27-22)29(14-5-13-28-15-12-26-17-28)24(30)20-7-9-21(10-8-20)34(31,32)18(2)3;/h6-12,15-18H,4-5,13-14H2,1-3H3;1H. The number of carbonyl (C=O) groups is 1. The van der Waals surface area contributed by atoms with E-state index >= 15 is 0 Å². The lowest BCUT2D eigenvalue weighted by Crippen LogP contribution is -2.32. The summed E-state index contributed by atoms with van der Waals surface area (Å²) in [5.41, 5.74) is 2.52. The Morgan fingerprint density at radius 3 is 2.51 bits per heavy atom. The highest BCUT2D eigenvalue weighted by molar-refractivity contribution is 7.92. The van der Waals surface area contributed by atoms with Gasteiger partial charge in [0.15, 0.2) is 15.0 Å². The van der Waals surface area contributed by atoms with Gasteiger partial charge in [0.1, 0.15) is 0 Å². The van der Waals surface area contributed by atoms with E-state index in [-0.39, 0.29) is 23.2 Å². The topological polar surface area (TPSA) is 85.2 Å². The second-order valence-electron chi connectivity index (χ2n) is 8.38. The third kappa shape index (κ3) is 5.91. The van der Waals surface area contributed by atoms with Gasteiger partial charge < -0.3 is 4.57 Å². The van der Waals surface area contributed by atoms with Gasteiger partial charge in [-0.05, 0) is 68.7 Å². The molecule has 2 aromatic heterocycles. The number of thiazole rings is 1. The Morgan fingerprint density at radius 1 is 1.14 bits per heavy atom. The molecule has 10 heteroatoms. The summed E-state index contributed by atoms with van der Waals surface area (Å²) in [5.74, 6) is -0.200. The van der Waals surface area contributed by atoms with Crippen molar-refractivity contribution in [3.8, 4) is 0 Å². The predicted molar refractivity (Wildman–Crippen MR) is 144 cm³/mol. The van der Waals surface area contributed by atoms with Crippen LogP contribution in [0.15, 0.2) is 66.1 Å². The van der Waals surface area contributed by atoms with Crippen LogP contribution in [0.1, 0.15) is 43.1 Å². The number of hydrogen-bond donors (Lipinski definition) is 0. The molecule has 0 spiro atoms. The van der Waals surface area contributed by atoms with Gasteiger partial charge in [-0.2, -0.15) is 0 Å². The van der Waals surface area contributed by atoms with Crippen LogP contribution in [0, 0.1) is 0 Å². The summed E-state index contributed by atoms with van der Waals surface area (Å²) < 4.78 is 27.9. The molecule has 0 fully saturated rings. The SMILES string of the molecule is CCc1ccc2nc(N(CCCn3ccnc3)C(=O)c3ccc(S(=O)(=O)C(C)C)cc3)sc2c1.Cl. The van der Waals surface area contributed by atoms with Gasteiger partial charge in [-0.1, -0.05) is 24.3 Å². The minimum Gasteiger partial charge on any atom is -0.337 e. The zero-order chi connectivity index (χ0) is 24.3. The molecule has 4 aromatic rings. The Labute approximate surface area is 216 Å². The van der Waals surface area contributed by atoms with Crippen molar-refractivity contribution in [3.63, 3.8) is 0 Å². The van der Waals surface area contributed by atoms with E-state index < -0.39 is 15.1 Å². The monoisotopic (exact) mass is 532 g/mol. The highest BCUT2D eigenvalue weighted by atomic mass is 35.5. The van der Waals surface area contributed by atoms with Crippen LogP contribution in [0.4, 0.5) is 5.13 Å². The largest absolute Gasteiger partial charge is 0.337 e. The fraction of sp³-hybridized carbons (Fsp3) is 0.320. The molecule has 0 aliphatic rings. The third-order valence-electron chi connectivity index (χ3n) is 5.73. The number of benzene rings is 2. The number of hydrogen-bond acceptors (Lipinski definition) is 6. The van der Waals surface area contributed by atoms with Gasteiger partial charge in [0.2, 0.25) is 0 Å². The maximum absolute atomic E-state index is 13.6. The number of halogens is 1.